The molecular formula is C13H20N2O3S. The number of nitrogens with zero attached hydrogens (tertiary/aromatic N) is 2. The third-order valence-corrected chi connectivity index (χ3v) is 4.29. The first-order chi connectivity index (χ1) is 9.10. The van der Waals surface area contributed by atoms with Gasteiger partial charge in [0, 0.05) is 24.5 Å². The minimum atomic E-state index is -0.462. The van der Waals surface area contributed by atoms with E-state index in [4.69, 9.17) is 9.47 Å². The van der Waals surface area contributed by atoms with Crippen molar-refractivity contribution in [3.05, 3.63) is 16.1 Å². The molecule has 0 radical (unpaired) electrons. The van der Waals surface area contributed by atoms with Gasteiger partial charge in [-0.1, -0.05) is 0 Å². The van der Waals surface area contributed by atoms with E-state index in [0.717, 1.165) is 25.2 Å². The van der Waals surface area contributed by atoms with Crippen LogP contribution in [0.3, 0.4) is 0 Å². The molecule has 0 amide bonds. The Morgan fingerprint density at radius 2 is 2.42 bits per heavy atom. The van der Waals surface area contributed by atoms with Crippen molar-refractivity contribution >= 4 is 17.3 Å². The second-order valence-electron chi connectivity index (χ2n) is 4.83. The smallest absolute Gasteiger partial charge is 0.336 e. The van der Waals surface area contributed by atoms with E-state index < -0.39 is 6.10 Å². The zero-order valence-electron chi connectivity index (χ0n) is 11.6. The van der Waals surface area contributed by atoms with Crippen LogP contribution in [-0.2, 0) is 20.7 Å². The molecule has 5 nitrogen and oxygen atoms in total. The van der Waals surface area contributed by atoms with E-state index in [1.54, 1.807) is 11.3 Å². The zero-order valence-corrected chi connectivity index (χ0v) is 12.4. The lowest BCUT2D eigenvalue weighted by molar-refractivity contribution is -0.166. The molecule has 106 valence electrons. The number of aryl methyl sites for hydroxylation is 1. The topological polar surface area (TPSA) is 51.7 Å². The Labute approximate surface area is 117 Å². The predicted octanol–water partition coefficient (Wildman–Crippen LogP) is 1.26. The van der Waals surface area contributed by atoms with Gasteiger partial charge in [0.2, 0.25) is 0 Å². The lowest BCUT2D eigenvalue weighted by atomic mass is 10.2. The standard InChI is InChI=1S/C13H20N2O3S/c1-9-6-15(7-11(18-9)13(16)17-3)5-4-12-10(2)14-8-19-12/h8-9,11H,4-7H2,1-3H3/t9-,11+/m1/s1. The minimum absolute atomic E-state index is 0.0559. The summed E-state index contributed by atoms with van der Waals surface area (Å²) in [6, 6.07) is 0. The van der Waals surface area contributed by atoms with Crippen molar-refractivity contribution in [2.24, 2.45) is 0 Å². The zero-order chi connectivity index (χ0) is 13.8. The molecule has 1 aliphatic rings. The number of hydrogen-bond donors (Lipinski definition) is 0. The molecule has 2 atom stereocenters. The van der Waals surface area contributed by atoms with Crippen LogP contribution < -0.4 is 0 Å². The van der Waals surface area contributed by atoms with Gasteiger partial charge in [-0.05, 0) is 20.3 Å². The number of hydrogen-bond acceptors (Lipinski definition) is 6. The number of carbonyl (C=O) groups is 1. The maximum Gasteiger partial charge on any atom is 0.336 e. The molecule has 1 aromatic heterocycles. The van der Waals surface area contributed by atoms with Gasteiger partial charge < -0.3 is 9.47 Å². The van der Waals surface area contributed by atoms with Gasteiger partial charge in [0.1, 0.15) is 0 Å². The SMILES string of the molecule is COC(=O)[C@@H]1CN(CCc2scnc2C)C[C@@H](C)O1. The summed E-state index contributed by atoms with van der Waals surface area (Å²) in [5, 5.41) is 0. The number of methoxy groups -OCH3 is 1. The average molecular weight is 284 g/mol. The fourth-order valence-corrected chi connectivity index (χ4v) is 3.08. The number of rotatable bonds is 4. The molecule has 0 spiro atoms. The van der Waals surface area contributed by atoms with Crippen LogP contribution in [0.25, 0.3) is 0 Å². The molecule has 6 heteroatoms. The summed E-state index contributed by atoms with van der Waals surface area (Å²) < 4.78 is 10.4. The molecule has 0 bridgehead atoms. The molecule has 19 heavy (non-hydrogen) atoms. The Morgan fingerprint density at radius 3 is 3.05 bits per heavy atom. The van der Waals surface area contributed by atoms with E-state index in [1.807, 2.05) is 19.4 Å². The van der Waals surface area contributed by atoms with Gasteiger partial charge >= 0.3 is 5.97 Å². The van der Waals surface area contributed by atoms with E-state index in [-0.39, 0.29) is 12.1 Å². The molecule has 0 unspecified atom stereocenters. The summed E-state index contributed by atoms with van der Waals surface area (Å²) in [6.45, 7) is 6.40. The largest absolute Gasteiger partial charge is 0.467 e. The van der Waals surface area contributed by atoms with Crippen molar-refractivity contribution in [3.8, 4) is 0 Å². The Morgan fingerprint density at radius 1 is 1.63 bits per heavy atom. The molecule has 0 saturated carbocycles. The highest BCUT2D eigenvalue weighted by Crippen LogP contribution is 2.16. The van der Waals surface area contributed by atoms with Gasteiger partial charge in [-0.3, -0.25) is 4.90 Å². The van der Waals surface area contributed by atoms with Crippen LogP contribution in [0.2, 0.25) is 0 Å². The number of esters is 1. The van der Waals surface area contributed by atoms with E-state index in [9.17, 15) is 4.79 Å². The molecule has 1 saturated heterocycles. The summed E-state index contributed by atoms with van der Waals surface area (Å²) in [5.74, 6) is -0.287. The van der Waals surface area contributed by atoms with E-state index in [0.29, 0.717) is 6.54 Å². The quantitative estimate of drug-likeness (QED) is 0.779. The number of ether oxygens (including phenoxy) is 2. The van der Waals surface area contributed by atoms with Crippen LogP contribution in [0.1, 0.15) is 17.5 Å². The fourth-order valence-electron chi connectivity index (χ4n) is 2.31. The van der Waals surface area contributed by atoms with E-state index in [2.05, 4.69) is 9.88 Å². The highest BCUT2D eigenvalue weighted by atomic mass is 32.1. The normalized spacial score (nSPS) is 24.4. The maximum atomic E-state index is 11.6. The molecule has 0 aromatic carbocycles. The van der Waals surface area contributed by atoms with Crippen LogP contribution in [0, 0.1) is 6.92 Å². The summed E-state index contributed by atoms with van der Waals surface area (Å²) in [7, 11) is 1.40. The summed E-state index contributed by atoms with van der Waals surface area (Å²) in [5.41, 5.74) is 2.99. The van der Waals surface area contributed by atoms with Crippen LogP contribution in [0.5, 0.6) is 0 Å². The van der Waals surface area contributed by atoms with Gasteiger partial charge in [0.25, 0.3) is 0 Å². The average Bonchev–Trinajstić information content (AvgIpc) is 2.80. The molecule has 2 rings (SSSR count). The second kappa shape index (κ2) is 6.45. The Balaban J connectivity index is 1.89. The van der Waals surface area contributed by atoms with E-state index in [1.165, 1.54) is 12.0 Å². The van der Waals surface area contributed by atoms with Crippen LogP contribution in [0.15, 0.2) is 5.51 Å². The summed E-state index contributed by atoms with van der Waals surface area (Å²) in [6.07, 6.45) is 0.564. The monoisotopic (exact) mass is 284 g/mol. The molecule has 1 fully saturated rings. The second-order valence-corrected chi connectivity index (χ2v) is 5.77. The van der Waals surface area contributed by atoms with Crippen molar-refractivity contribution in [1.29, 1.82) is 0 Å². The van der Waals surface area contributed by atoms with E-state index >= 15 is 0 Å². The number of carbonyl (C=O) groups excluding carboxylic acids is 1. The first kappa shape index (κ1) is 14.4. The third-order valence-electron chi connectivity index (χ3n) is 3.30. The van der Waals surface area contributed by atoms with Crippen LogP contribution >= 0.6 is 11.3 Å². The minimum Gasteiger partial charge on any atom is -0.467 e. The lowest BCUT2D eigenvalue weighted by Crippen LogP contribution is -2.50. The number of thiazole rings is 1. The molecule has 0 N–H and O–H groups in total. The van der Waals surface area contributed by atoms with Gasteiger partial charge in [-0.2, -0.15) is 0 Å². The predicted molar refractivity (Wildman–Crippen MR) is 73.3 cm³/mol. The maximum absolute atomic E-state index is 11.6. The Kier molecular flexibility index (Phi) is 4.90. The highest BCUT2D eigenvalue weighted by molar-refractivity contribution is 7.09. The van der Waals surface area contributed by atoms with Gasteiger partial charge in [0.05, 0.1) is 24.4 Å². The van der Waals surface area contributed by atoms with Gasteiger partial charge in [-0.15, -0.1) is 11.3 Å². The Bertz CT molecular complexity index is 435. The molecule has 1 aromatic rings. The summed E-state index contributed by atoms with van der Waals surface area (Å²) >= 11 is 1.69. The number of aromatic nitrogens is 1. The first-order valence-electron chi connectivity index (χ1n) is 6.44. The first-order valence-corrected chi connectivity index (χ1v) is 7.32. The summed E-state index contributed by atoms with van der Waals surface area (Å²) in [4.78, 5) is 19.4. The van der Waals surface area contributed by atoms with Crippen LogP contribution in [-0.4, -0.2) is 54.8 Å². The lowest BCUT2D eigenvalue weighted by Gasteiger charge is -2.35. The fraction of sp³-hybridized carbons (Fsp3) is 0.692. The van der Waals surface area contributed by atoms with Gasteiger partial charge in [0.15, 0.2) is 6.10 Å². The molecular weight excluding hydrogens is 264 g/mol. The Hall–Kier alpha value is -0.980. The number of morpholine rings is 1. The van der Waals surface area contributed by atoms with Crippen molar-refractivity contribution < 1.29 is 14.3 Å². The van der Waals surface area contributed by atoms with Crippen molar-refractivity contribution in [2.45, 2.75) is 32.5 Å². The highest BCUT2D eigenvalue weighted by Gasteiger charge is 2.30. The van der Waals surface area contributed by atoms with Crippen molar-refractivity contribution in [3.63, 3.8) is 0 Å². The van der Waals surface area contributed by atoms with Crippen molar-refractivity contribution in [1.82, 2.24) is 9.88 Å². The van der Waals surface area contributed by atoms with Crippen molar-refractivity contribution in [2.75, 3.05) is 26.7 Å². The third kappa shape index (κ3) is 3.75. The van der Waals surface area contributed by atoms with Crippen LogP contribution in [0.4, 0.5) is 0 Å². The molecule has 2 heterocycles. The molecule has 1 aliphatic heterocycles. The van der Waals surface area contributed by atoms with Gasteiger partial charge in [-0.25, -0.2) is 9.78 Å². The molecule has 0 aliphatic carbocycles.